The van der Waals surface area contributed by atoms with Gasteiger partial charge in [0.05, 0.1) is 19.8 Å². The van der Waals surface area contributed by atoms with Gasteiger partial charge in [-0.3, -0.25) is 4.79 Å². The van der Waals surface area contributed by atoms with Gasteiger partial charge in [0.1, 0.15) is 11.9 Å². The normalized spacial score (nSPS) is 18.2. The van der Waals surface area contributed by atoms with Gasteiger partial charge >= 0.3 is 0 Å². The molecule has 0 aliphatic carbocycles. The topological polar surface area (TPSA) is 56.8 Å². The molecule has 1 amide bonds. The van der Waals surface area contributed by atoms with E-state index in [0.717, 1.165) is 41.5 Å². The number of hydrogen-bond acceptors (Lipinski definition) is 4. The van der Waals surface area contributed by atoms with E-state index in [4.69, 9.17) is 14.2 Å². The van der Waals surface area contributed by atoms with Crippen molar-refractivity contribution in [3.05, 3.63) is 42.0 Å². The number of carbonyl (C=O) groups excluding carboxylic acids is 1. The Kier molecular flexibility index (Phi) is 5.89. The number of carbonyl (C=O) groups is 1. The molecule has 2 atom stereocenters. The smallest absolute Gasteiger partial charge is 0.249 e. The summed E-state index contributed by atoms with van der Waals surface area (Å²) in [4.78, 5) is 12.3. The van der Waals surface area contributed by atoms with E-state index in [1.807, 2.05) is 36.4 Å². The van der Waals surface area contributed by atoms with Crippen LogP contribution in [0.2, 0.25) is 0 Å². The molecular weight excluding hydrogens is 318 g/mol. The van der Waals surface area contributed by atoms with Crippen LogP contribution in [0.25, 0.3) is 10.8 Å². The number of amides is 1. The zero-order chi connectivity index (χ0) is 17.6. The number of hydrogen-bond donors (Lipinski definition) is 1. The molecule has 5 nitrogen and oxygen atoms in total. The number of fused-ring (bicyclic) bond motifs is 1. The predicted octanol–water partition coefficient (Wildman–Crippen LogP) is 3.05. The van der Waals surface area contributed by atoms with E-state index < -0.39 is 6.10 Å². The van der Waals surface area contributed by atoms with Gasteiger partial charge in [0.15, 0.2) is 0 Å². The average Bonchev–Trinajstić information content (AvgIpc) is 3.17. The second kappa shape index (κ2) is 8.32. The zero-order valence-electron chi connectivity index (χ0n) is 14.8. The Hall–Kier alpha value is -2.11. The first-order chi connectivity index (χ1) is 12.2. The second-order valence-electron chi connectivity index (χ2n) is 6.30. The van der Waals surface area contributed by atoms with E-state index >= 15 is 0 Å². The van der Waals surface area contributed by atoms with Crippen LogP contribution in [0.3, 0.4) is 0 Å². The summed E-state index contributed by atoms with van der Waals surface area (Å²) in [7, 11) is 1.64. The van der Waals surface area contributed by atoms with Crippen molar-refractivity contribution in [3.63, 3.8) is 0 Å². The highest BCUT2D eigenvalue weighted by Gasteiger charge is 2.20. The number of rotatable bonds is 7. The van der Waals surface area contributed by atoms with E-state index in [2.05, 4.69) is 5.32 Å². The highest BCUT2D eigenvalue weighted by atomic mass is 16.5. The molecule has 1 aliphatic rings. The van der Waals surface area contributed by atoms with E-state index in [0.29, 0.717) is 13.2 Å². The standard InChI is InChI=1S/C20H25NO4/c1-14(25-13-16-7-5-11-24-16)20(22)21-12-18-17-8-4-3-6-15(17)9-10-19(18)23-2/h3-4,6,8-10,14,16H,5,7,11-13H2,1-2H3,(H,21,22). The van der Waals surface area contributed by atoms with Crippen LogP contribution in [0.4, 0.5) is 0 Å². The molecule has 2 aromatic carbocycles. The Labute approximate surface area is 148 Å². The van der Waals surface area contributed by atoms with Crippen molar-refractivity contribution in [2.75, 3.05) is 20.3 Å². The quantitative estimate of drug-likeness (QED) is 0.839. The Morgan fingerprint density at radius 3 is 2.92 bits per heavy atom. The van der Waals surface area contributed by atoms with Crippen molar-refractivity contribution in [1.82, 2.24) is 5.32 Å². The highest BCUT2D eigenvalue weighted by molar-refractivity contribution is 5.88. The first-order valence-corrected chi connectivity index (χ1v) is 8.74. The SMILES string of the molecule is COc1ccc2ccccc2c1CNC(=O)C(C)OCC1CCCO1. The minimum Gasteiger partial charge on any atom is -0.496 e. The predicted molar refractivity (Wildman–Crippen MR) is 96.7 cm³/mol. The van der Waals surface area contributed by atoms with Crippen LogP contribution in [0.5, 0.6) is 5.75 Å². The summed E-state index contributed by atoms with van der Waals surface area (Å²) in [5, 5.41) is 5.16. The summed E-state index contributed by atoms with van der Waals surface area (Å²) in [6.07, 6.45) is 1.68. The monoisotopic (exact) mass is 343 g/mol. The molecule has 2 aromatic rings. The lowest BCUT2D eigenvalue weighted by molar-refractivity contribution is -0.133. The lowest BCUT2D eigenvalue weighted by Crippen LogP contribution is -2.35. The van der Waals surface area contributed by atoms with Crippen LogP contribution in [-0.2, 0) is 20.8 Å². The molecule has 2 unspecified atom stereocenters. The third-order valence-electron chi connectivity index (χ3n) is 4.58. The molecule has 5 heteroatoms. The summed E-state index contributed by atoms with van der Waals surface area (Å²) >= 11 is 0. The van der Waals surface area contributed by atoms with Crippen molar-refractivity contribution in [2.24, 2.45) is 0 Å². The molecule has 1 fully saturated rings. The molecule has 0 radical (unpaired) electrons. The molecule has 0 saturated carbocycles. The van der Waals surface area contributed by atoms with Crippen LogP contribution < -0.4 is 10.1 Å². The van der Waals surface area contributed by atoms with Gasteiger partial charge in [0.2, 0.25) is 5.91 Å². The van der Waals surface area contributed by atoms with Gasteiger partial charge in [-0.2, -0.15) is 0 Å². The number of ether oxygens (including phenoxy) is 3. The van der Waals surface area contributed by atoms with Crippen molar-refractivity contribution in [2.45, 2.75) is 38.5 Å². The third-order valence-corrected chi connectivity index (χ3v) is 4.58. The third kappa shape index (κ3) is 4.30. The fourth-order valence-electron chi connectivity index (χ4n) is 3.11. The molecule has 1 N–H and O–H groups in total. The number of methoxy groups -OCH3 is 1. The van der Waals surface area contributed by atoms with Crippen molar-refractivity contribution in [1.29, 1.82) is 0 Å². The van der Waals surface area contributed by atoms with E-state index in [-0.39, 0.29) is 12.0 Å². The van der Waals surface area contributed by atoms with Gasteiger partial charge in [0, 0.05) is 18.7 Å². The van der Waals surface area contributed by atoms with Crippen LogP contribution >= 0.6 is 0 Å². The van der Waals surface area contributed by atoms with Crippen molar-refractivity contribution >= 4 is 16.7 Å². The Morgan fingerprint density at radius 1 is 1.32 bits per heavy atom. The summed E-state index contributed by atoms with van der Waals surface area (Å²) in [6.45, 7) is 3.42. The molecule has 0 spiro atoms. The lowest BCUT2D eigenvalue weighted by Gasteiger charge is -2.17. The van der Waals surface area contributed by atoms with Gasteiger partial charge in [-0.1, -0.05) is 30.3 Å². The maximum Gasteiger partial charge on any atom is 0.249 e. The summed E-state index contributed by atoms with van der Waals surface area (Å²) in [5.74, 6) is 0.639. The lowest BCUT2D eigenvalue weighted by atomic mass is 10.0. The van der Waals surface area contributed by atoms with Crippen LogP contribution in [0.1, 0.15) is 25.3 Å². The van der Waals surface area contributed by atoms with Crippen LogP contribution in [0.15, 0.2) is 36.4 Å². The summed E-state index contributed by atoms with van der Waals surface area (Å²) in [5.41, 5.74) is 0.972. The average molecular weight is 343 g/mol. The highest BCUT2D eigenvalue weighted by Crippen LogP contribution is 2.27. The first-order valence-electron chi connectivity index (χ1n) is 8.74. The largest absolute Gasteiger partial charge is 0.496 e. The molecule has 1 saturated heterocycles. The van der Waals surface area contributed by atoms with Gasteiger partial charge in [0.25, 0.3) is 0 Å². The van der Waals surface area contributed by atoms with Crippen molar-refractivity contribution < 1.29 is 19.0 Å². The number of nitrogens with one attached hydrogen (secondary N) is 1. The Morgan fingerprint density at radius 2 is 2.16 bits per heavy atom. The molecule has 1 heterocycles. The van der Waals surface area contributed by atoms with Crippen LogP contribution in [-0.4, -0.2) is 38.4 Å². The number of benzene rings is 2. The maximum atomic E-state index is 12.3. The molecule has 1 aliphatic heterocycles. The maximum absolute atomic E-state index is 12.3. The molecule has 25 heavy (non-hydrogen) atoms. The minimum atomic E-state index is -0.509. The summed E-state index contributed by atoms with van der Waals surface area (Å²) in [6, 6.07) is 12.0. The molecular formula is C20H25NO4. The Bertz CT molecular complexity index is 725. The van der Waals surface area contributed by atoms with E-state index in [1.54, 1.807) is 14.0 Å². The first kappa shape index (κ1) is 17.7. The van der Waals surface area contributed by atoms with Gasteiger partial charge in [-0.05, 0) is 36.6 Å². The molecule has 134 valence electrons. The minimum absolute atomic E-state index is 0.119. The van der Waals surface area contributed by atoms with Gasteiger partial charge < -0.3 is 19.5 Å². The van der Waals surface area contributed by atoms with Gasteiger partial charge in [-0.25, -0.2) is 0 Å². The fourth-order valence-corrected chi connectivity index (χ4v) is 3.11. The fraction of sp³-hybridized carbons (Fsp3) is 0.450. The summed E-state index contributed by atoms with van der Waals surface area (Å²) < 4.78 is 16.6. The zero-order valence-corrected chi connectivity index (χ0v) is 14.8. The second-order valence-corrected chi connectivity index (χ2v) is 6.30. The molecule has 3 rings (SSSR count). The molecule has 0 bridgehead atoms. The molecule has 0 aromatic heterocycles. The van der Waals surface area contributed by atoms with E-state index in [9.17, 15) is 4.79 Å². The van der Waals surface area contributed by atoms with Crippen LogP contribution in [0, 0.1) is 0 Å². The Balaban J connectivity index is 1.62. The van der Waals surface area contributed by atoms with Gasteiger partial charge in [-0.15, -0.1) is 0 Å². The van der Waals surface area contributed by atoms with Crippen molar-refractivity contribution in [3.8, 4) is 5.75 Å². The van der Waals surface area contributed by atoms with E-state index in [1.165, 1.54) is 0 Å².